The third kappa shape index (κ3) is 6.53. The molecule has 0 spiro atoms. The van der Waals surface area contributed by atoms with Crippen LogP contribution in [0.2, 0.25) is 0 Å². The molecule has 8 heteroatoms. The highest BCUT2D eigenvalue weighted by Crippen LogP contribution is 2.29. The van der Waals surface area contributed by atoms with Crippen LogP contribution in [0.4, 0.5) is 22.4 Å². The maximum absolute atomic E-state index is 13.1. The van der Waals surface area contributed by atoms with Crippen molar-refractivity contribution in [3.63, 3.8) is 0 Å². The number of carbonyl (C=O) groups excluding carboxylic acids is 1. The molecule has 1 amide bonds. The maximum atomic E-state index is 13.1. The van der Waals surface area contributed by atoms with Gasteiger partial charge in [0.05, 0.1) is 0 Å². The molecule has 1 aliphatic rings. The molecule has 23 heavy (non-hydrogen) atoms. The first-order valence-corrected chi connectivity index (χ1v) is 7.83. The van der Waals surface area contributed by atoms with E-state index in [0.717, 1.165) is 25.7 Å². The van der Waals surface area contributed by atoms with Gasteiger partial charge in [-0.1, -0.05) is 12.8 Å². The molecule has 1 saturated carbocycles. The Morgan fingerprint density at radius 1 is 1.26 bits per heavy atom. The van der Waals surface area contributed by atoms with Crippen LogP contribution in [0.15, 0.2) is 0 Å². The Balaban J connectivity index is 2.74. The predicted octanol–water partition coefficient (Wildman–Crippen LogP) is 3.78. The molecule has 136 valence electrons. The topological polar surface area (TPSA) is 55.6 Å². The van der Waals surface area contributed by atoms with Crippen LogP contribution in [-0.2, 0) is 4.74 Å². The van der Waals surface area contributed by atoms with E-state index in [1.54, 1.807) is 20.8 Å². The van der Waals surface area contributed by atoms with Gasteiger partial charge < -0.3 is 15.4 Å². The van der Waals surface area contributed by atoms with E-state index < -0.39 is 36.5 Å². The summed E-state index contributed by atoms with van der Waals surface area (Å²) in [7, 11) is 0. The molecule has 1 rings (SSSR count). The third-order valence-corrected chi connectivity index (χ3v) is 3.68. The summed E-state index contributed by atoms with van der Waals surface area (Å²) < 4.78 is 56.1. The van der Waals surface area contributed by atoms with Crippen LogP contribution in [0.1, 0.15) is 52.9 Å². The number of hydrogen-bond acceptors (Lipinski definition) is 3. The van der Waals surface area contributed by atoms with Crippen LogP contribution in [0.3, 0.4) is 0 Å². The van der Waals surface area contributed by atoms with Gasteiger partial charge in [-0.25, -0.2) is 22.4 Å². The van der Waals surface area contributed by atoms with Gasteiger partial charge in [0.15, 0.2) is 0 Å². The van der Waals surface area contributed by atoms with Gasteiger partial charge in [-0.3, -0.25) is 0 Å². The molecule has 0 aromatic rings. The van der Waals surface area contributed by atoms with E-state index in [-0.39, 0.29) is 12.6 Å². The Labute approximate surface area is 134 Å². The van der Waals surface area contributed by atoms with Gasteiger partial charge in [-0.05, 0) is 33.6 Å². The normalized spacial score (nSPS) is 18.3. The van der Waals surface area contributed by atoms with E-state index in [4.69, 9.17) is 10.5 Å². The van der Waals surface area contributed by atoms with E-state index in [1.165, 1.54) is 4.90 Å². The smallest absolute Gasteiger partial charge is 0.410 e. The Kier molecular flexibility index (Phi) is 6.68. The second kappa shape index (κ2) is 7.68. The molecule has 0 aromatic heterocycles. The van der Waals surface area contributed by atoms with Crippen LogP contribution in [0.25, 0.3) is 0 Å². The summed E-state index contributed by atoms with van der Waals surface area (Å²) in [4.78, 5) is 13.6. The van der Waals surface area contributed by atoms with E-state index in [2.05, 4.69) is 0 Å². The van der Waals surface area contributed by atoms with Gasteiger partial charge in [0.25, 0.3) is 0 Å². The van der Waals surface area contributed by atoms with E-state index in [0.29, 0.717) is 0 Å². The molecule has 0 aromatic carbocycles. The van der Waals surface area contributed by atoms with Gasteiger partial charge in [0, 0.05) is 25.0 Å². The van der Waals surface area contributed by atoms with Crippen molar-refractivity contribution in [3.8, 4) is 0 Å². The number of carbonyl (C=O) groups is 1. The summed E-state index contributed by atoms with van der Waals surface area (Å²) in [5, 5.41) is 0. The molecule has 0 aliphatic heterocycles. The fourth-order valence-electron chi connectivity index (χ4n) is 2.67. The minimum Gasteiger partial charge on any atom is -0.444 e. The minimum absolute atomic E-state index is 0.143. The van der Waals surface area contributed by atoms with Gasteiger partial charge in [-0.15, -0.1) is 0 Å². The summed E-state index contributed by atoms with van der Waals surface area (Å²) in [6, 6.07) is -1.39. The Morgan fingerprint density at radius 3 is 2.22 bits per heavy atom. The van der Waals surface area contributed by atoms with Crippen molar-refractivity contribution >= 4 is 6.09 Å². The lowest BCUT2D eigenvalue weighted by atomic mass is 10.1. The molecule has 1 aliphatic carbocycles. The van der Waals surface area contributed by atoms with E-state index in [1.807, 2.05) is 0 Å². The molecule has 1 fully saturated rings. The zero-order valence-electron chi connectivity index (χ0n) is 13.8. The molecule has 0 bridgehead atoms. The lowest BCUT2D eigenvalue weighted by molar-refractivity contribution is -0.136. The minimum atomic E-state index is -4.16. The molecule has 0 radical (unpaired) electrons. The Morgan fingerprint density at radius 2 is 1.78 bits per heavy atom. The number of hydrogen-bond donors (Lipinski definition) is 1. The highest BCUT2D eigenvalue weighted by Gasteiger charge is 2.43. The van der Waals surface area contributed by atoms with Crippen molar-refractivity contribution in [1.29, 1.82) is 0 Å². The number of nitrogens with zero attached hydrogens (tertiary/aromatic N) is 1. The maximum Gasteiger partial charge on any atom is 0.410 e. The second-order valence-corrected chi connectivity index (χ2v) is 7.10. The van der Waals surface area contributed by atoms with Crippen LogP contribution in [0, 0.1) is 0 Å². The van der Waals surface area contributed by atoms with Gasteiger partial charge in [-0.2, -0.15) is 0 Å². The number of halogens is 4. The van der Waals surface area contributed by atoms with Gasteiger partial charge >= 0.3 is 18.4 Å². The Bertz CT molecular complexity index is 393. The number of amides is 1. The largest absolute Gasteiger partial charge is 0.444 e. The van der Waals surface area contributed by atoms with Gasteiger partial charge in [0.2, 0.25) is 0 Å². The van der Waals surface area contributed by atoms with Crippen molar-refractivity contribution in [2.75, 3.05) is 6.54 Å². The van der Waals surface area contributed by atoms with Crippen LogP contribution in [-0.4, -0.2) is 47.6 Å². The quantitative estimate of drug-likeness (QED) is 0.747. The number of nitrogens with two attached hydrogens (primary N) is 1. The predicted molar refractivity (Wildman–Crippen MR) is 78.7 cm³/mol. The standard InChI is InChI=1S/C15H26F4N2O2/c1-14(2,3)23-13(22)21(11-6-4-5-7-11)9-10(20)8-15(18,19)12(16)17/h10-12H,4-9,20H2,1-3H3. The summed E-state index contributed by atoms with van der Waals surface area (Å²) in [5.41, 5.74) is 4.87. The molecule has 1 unspecified atom stereocenters. The van der Waals surface area contributed by atoms with Crippen molar-refractivity contribution in [2.45, 2.75) is 82.9 Å². The Hall–Kier alpha value is -1.05. The average molecular weight is 342 g/mol. The highest BCUT2D eigenvalue weighted by atomic mass is 19.3. The first kappa shape index (κ1) is 20.0. The molecule has 4 nitrogen and oxygen atoms in total. The zero-order valence-corrected chi connectivity index (χ0v) is 13.8. The SMILES string of the molecule is CC(C)(C)OC(=O)N(CC(N)CC(F)(F)C(F)F)C1CCCC1. The zero-order chi connectivity index (χ0) is 17.8. The van der Waals surface area contributed by atoms with Crippen molar-refractivity contribution < 1.29 is 27.1 Å². The summed E-state index contributed by atoms with van der Waals surface area (Å²) >= 11 is 0. The fourth-order valence-corrected chi connectivity index (χ4v) is 2.67. The second-order valence-electron chi connectivity index (χ2n) is 7.10. The van der Waals surface area contributed by atoms with Crippen LogP contribution < -0.4 is 5.73 Å². The molecule has 0 heterocycles. The van der Waals surface area contributed by atoms with Gasteiger partial charge in [0.1, 0.15) is 5.60 Å². The lowest BCUT2D eigenvalue weighted by Gasteiger charge is -2.34. The summed E-state index contributed by atoms with van der Waals surface area (Å²) in [6.07, 6.45) is -2.26. The highest BCUT2D eigenvalue weighted by molar-refractivity contribution is 5.68. The van der Waals surface area contributed by atoms with Crippen molar-refractivity contribution in [1.82, 2.24) is 4.90 Å². The van der Waals surface area contributed by atoms with E-state index in [9.17, 15) is 22.4 Å². The molecular weight excluding hydrogens is 316 g/mol. The third-order valence-electron chi connectivity index (χ3n) is 3.68. The van der Waals surface area contributed by atoms with Crippen LogP contribution in [0.5, 0.6) is 0 Å². The number of alkyl halides is 4. The van der Waals surface area contributed by atoms with Crippen LogP contribution >= 0.6 is 0 Å². The monoisotopic (exact) mass is 342 g/mol. The summed E-state index contributed by atoms with van der Waals surface area (Å²) in [6.45, 7) is 4.87. The lowest BCUT2D eigenvalue weighted by Crippen LogP contribution is -2.49. The number of ether oxygens (including phenoxy) is 1. The molecule has 2 N–H and O–H groups in total. The summed E-state index contributed by atoms with van der Waals surface area (Å²) in [5.74, 6) is -4.16. The molecule has 0 saturated heterocycles. The van der Waals surface area contributed by atoms with Crippen molar-refractivity contribution in [2.24, 2.45) is 5.73 Å². The average Bonchev–Trinajstić information content (AvgIpc) is 2.86. The number of rotatable bonds is 6. The molecule has 1 atom stereocenters. The fraction of sp³-hybridized carbons (Fsp3) is 0.933. The first-order valence-electron chi connectivity index (χ1n) is 7.83. The van der Waals surface area contributed by atoms with Crippen molar-refractivity contribution in [3.05, 3.63) is 0 Å². The van der Waals surface area contributed by atoms with E-state index >= 15 is 0 Å². The first-order chi connectivity index (χ1) is 10.4. The molecular formula is C15H26F4N2O2.